The first kappa shape index (κ1) is 14.6. The Balaban J connectivity index is 1.75. The minimum Gasteiger partial charge on any atom is -0.370 e. The van der Waals surface area contributed by atoms with Crippen LogP contribution in [0.5, 0.6) is 0 Å². The Morgan fingerprint density at radius 1 is 1.19 bits per heavy atom. The zero-order valence-corrected chi connectivity index (χ0v) is 13.2. The van der Waals surface area contributed by atoms with Crippen molar-refractivity contribution in [3.8, 4) is 0 Å². The molecule has 2 unspecified atom stereocenters. The smallest absolute Gasteiger partial charge is 0.134 e. The molecule has 0 amide bonds. The van der Waals surface area contributed by atoms with Crippen LogP contribution in [-0.2, 0) is 6.42 Å². The molecule has 0 saturated carbocycles. The van der Waals surface area contributed by atoms with E-state index in [9.17, 15) is 0 Å². The SMILES string of the molecule is CCCNc1ncnc(NC2CCN3CCCC23)c1CC. The van der Waals surface area contributed by atoms with E-state index in [1.165, 1.54) is 37.9 Å². The molecule has 2 saturated heterocycles. The fraction of sp³-hybridized carbons (Fsp3) is 0.750. The van der Waals surface area contributed by atoms with Crippen LogP contribution in [0.1, 0.15) is 45.1 Å². The van der Waals surface area contributed by atoms with E-state index in [0.717, 1.165) is 31.0 Å². The van der Waals surface area contributed by atoms with Gasteiger partial charge in [0.1, 0.15) is 18.0 Å². The van der Waals surface area contributed by atoms with Gasteiger partial charge in [-0.2, -0.15) is 0 Å². The van der Waals surface area contributed by atoms with Crippen LogP contribution in [0.2, 0.25) is 0 Å². The zero-order valence-electron chi connectivity index (χ0n) is 13.2. The van der Waals surface area contributed by atoms with Crippen molar-refractivity contribution < 1.29 is 0 Å². The van der Waals surface area contributed by atoms with E-state index < -0.39 is 0 Å². The van der Waals surface area contributed by atoms with Crippen molar-refractivity contribution in [2.24, 2.45) is 0 Å². The van der Waals surface area contributed by atoms with Crippen molar-refractivity contribution in [1.82, 2.24) is 14.9 Å². The molecule has 3 rings (SSSR count). The Bertz CT molecular complexity index is 476. The van der Waals surface area contributed by atoms with Crippen molar-refractivity contribution in [2.75, 3.05) is 30.3 Å². The van der Waals surface area contributed by atoms with Crippen LogP contribution >= 0.6 is 0 Å². The van der Waals surface area contributed by atoms with E-state index in [1.54, 1.807) is 6.33 Å². The average Bonchev–Trinajstić information content (AvgIpc) is 3.10. The lowest BCUT2D eigenvalue weighted by Crippen LogP contribution is -2.34. The molecule has 0 bridgehead atoms. The van der Waals surface area contributed by atoms with Crippen LogP contribution in [-0.4, -0.2) is 46.6 Å². The molecule has 2 fully saturated rings. The highest BCUT2D eigenvalue weighted by molar-refractivity contribution is 5.58. The predicted octanol–water partition coefficient (Wildman–Crippen LogP) is 2.51. The van der Waals surface area contributed by atoms with Crippen LogP contribution < -0.4 is 10.6 Å². The lowest BCUT2D eigenvalue weighted by molar-refractivity contribution is 0.318. The first-order valence-corrected chi connectivity index (χ1v) is 8.41. The van der Waals surface area contributed by atoms with Crippen LogP contribution in [0, 0.1) is 0 Å². The molecule has 0 aliphatic carbocycles. The van der Waals surface area contributed by atoms with E-state index in [2.05, 4.69) is 39.3 Å². The first-order chi connectivity index (χ1) is 10.3. The number of hydrogen-bond acceptors (Lipinski definition) is 5. The number of rotatable bonds is 6. The van der Waals surface area contributed by atoms with Gasteiger partial charge in [0, 0.05) is 30.7 Å². The maximum atomic E-state index is 4.52. The van der Waals surface area contributed by atoms with Gasteiger partial charge in [-0.05, 0) is 38.6 Å². The molecule has 1 aromatic heterocycles. The molecule has 5 nitrogen and oxygen atoms in total. The third kappa shape index (κ3) is 2.98. The minimum atomic E-state index is 0.548. The lowest BCUT2D eigenvalue weighted by Gasteiger charge is -2.23. The van der Waals surface area contributed by atoms with Gasteiger partial charge in [-0.3, -0.25) is 4.90 Å². The maximum Gasteiger partial charge on any atom is 0.134 e. The number of aromatic nitrogens is 2. The second-order valence-electron chi connectivity index (χ2n) is 6.11. The van der Waals surface area contributed by atoms with Gasteiger partial charge in [0.05, 0.1) is 0 Å². The Morgan fingerprint density at radius 2 is 2.05 bits per heavy atom. The van der Waals surface area contributed by atoms with E-state index in [-0.39, 0.29) is 0 Å². The summed E-state index contributed by atoms with van der Waals surface area (Å²) in [6.45, 7) is 7.82. The first-order valence-electron chi connectivity index (χ1n) is 8.41. The standard InChI is InChI=1S/C16H27N5/c1-3-8-17-15-12(4-2)16(19-11-18-15)20-13-7-10-21-9-5-6-14(13)21/h11,13-14H,3-10H2,1-2H3,(H2,17,18,19,20). The molecule has 0 aromatic carbocycles. The molecule has 2 atom stereocenters. The molecule has 2 aliphatic heterocycles. The Morgan fingerprint density at radius 3 is 2.86 bits per heavy atom. The quantitative estimate of drug-likeness (QED) is 0.843. The highest BCUT2D eigenvalue weighted by Crippen LogP contribution is 2.31. The fourth-order valence-corrected chi connectivity index (χ4v) is 3.69. The van der Waals surface area contributed by atoms with Crippen molar-refractivity contribution in [1.29, 1.82) is 0 Å². The van der Waals surface area contributed by atoms with Gasteiger partial charge in [0.2, 0.25) is 0 Å². The van der Waals surface area contributed by atoms with Gasteiger partial charge in [0.15, 0.2) is 0 Å². The molecule has 21 heavy (non-hydrogen) atoms. The maximum absolute atomic E-state index is 4.52. The van der Waals surface area contributed by atoms with Gasteiger partial charge in [0.25, 0.3) is 0 Å². The summed E-state index contributed by atoms with van der Waals surface area (Å²) in [6, 6.07) is 1.25. The molecular weight excluding hydrogens is 262 g/mol. The third-order valence-electron chi connectivity index (χ3n) is 4.77. The minimum absolute atomic E-state index is 0.548. The molecule has 0 radical (unpaired) electrons. The number of anilines is 2. The molecule has 2 N–H and O–H groups in total. The van der Waals surface area contributed by atoms with Gasteiger partial charge in [-0.25, -0.2) is 9.97 Å². The Labute approximate surface area is 127 Å². The highest BCUT2D eigenvalue weighted by Gasteiger charge is 2.37. The molecule has 5 heteroatoms. The summed E-state index contributed by atoms with van der Waals surface area (Å²) in [7, 11) is 0. The lowest BCUT2D eigenvalue weighted by atomic mass is 10.1. The van der Waals surface area contributed by atoms with E-state index >= 15 is 0 Å². The van der Waals surface area contributed by atoms with Crippen molar-refractivity contribution >= 4 is 11.6 Å². The van der Waals surface area contributed by atoms with E-state index in [4.69, 9.17) is 0 Å². The van der Waals surface area contributed by atoms with Gasteiger partial charge in [-0.15, -0.1) is 0 Å². The molecule has 0 spiro atoms. The van der Waals surface area contributed by atoms with Crippen molar-refractivity contribution in [3.63, 3.8) is 0 Å². The highest BCUT2D eigenvalue weighted by atomic mass is 15.2. The van der Waals surface area contributed by atoms with E-state index in [1.807, 2.05) is 0 Å². The number of nitrogens with one attached hydrogen (secondary N) is 2. The number of fused-ring (bicyclic) bond motifs is 1. The Hall–Kier alpha value is -1.36. The fourth-order valence-electron chi connectivity index (χ4n) is 3.69. The number of hydrogen-bond donors (Lipinski definition) is 2. The van der Waals surface area contributed by atoms with Crippen molar-refractivity contribution in [3.05, 3.63) is 11.9 Å². The summed E-state index contributed by atoms with van der Waals surface area (Å²) in [5.41, 5.74) is 1.22. The predicted molar refractivity (Wildman–Crippen MR) is 86.8 cm³/mol. The molecule has 1 aromatic rings. The van der Waals surface area contributed by atoms with Crippen LogP contribution in [0.3, 0.4) is 0 Å². The summed E-state index contributed by atoms with van der Waals surface area (Å²) in [5, 5.41) is 7.14. The second kappa shape index (κ2) is 6.60. The van der Waals surface area contributed by atoms with Crippen LogP contribution in [0.15, 0.2) is 6.33 Å². The normalized spacial score (nSPS) is 25.0. The van der Waals surface area contributed by atoms with Gasteiger partial charge in [-0.1, -0.05) is 13.8 Å². The monoisotopic (exact) mass is 289 g/mol. The van der Waals surface area contributed by atoms with Crippen molar-refractivity contribution in [2.45, 2.75) is 58.0 Å². The summed E-state index contributed by atoms with van der Waals surface area (Å²) in [5.74, 6) is 2.03. The van der Waals surface area contributed by atoms with Gasteiger partial charge >= 0.3 is 0 Å². The van der Waals surface area contributed by atoms with Crippen LogP contribution in [0.25, 0.3) is 0 Å². The molecule has 116 valence electrons. The summed E-state index contributed by atoms with van der Waals surface area (Å²) >= 11 is 0. The zero-order chi connectivity index (χ0) is 14.7. The van der Waals surface area contributed by atoms with Crippen LogP contribution in [0.4, 0.5) is 11.6 Å². The molecule has 2 aliphatic rings. The topological polar surface area (TPSA) is 53.1 Å². The summed E-state index contributed by atoms with van der Waals surface area (Å²) in [4.78, 5) is 11.6. The second-order valence-corrected chi connectivity index (χ2v) is 6.11. The molecular formula is C16H27N5. The van der Waals surface area contributed by atoms with E-state index in [0.29, 0.717) is 12.1 Å². The summed E-state index contributed by atoms with van der Waals surface area (Å²) in [6.07, 6.45) is 7.64. The third-order valence-corrected chi connectivity index (χ3v) is 4.77. The number of nitrogens with zero attached hydrogens (tertiary/aromatic N) is 3. The van der Waals surface area contributed by atoms with Gasteiger partial charge < -0.3 is 10.6 Å². The largest absolute Gasteiger partial charge is 0.370 e. The summed E-state index contributed by atoms with van der Waals surface area (Å²) < 4.78 is 0. The Kier molecular flexibility index (Phi) is 4.58. The average molecular weight is 289 g/mol. The molecule has 3 heterocycles.